The molecule has 1 unspecified atom stereocenters. The summed E-state index contributed by atoms with van der Waals surface area (Å²) in [4.78, 5) is 10.9. The number of phenolic OH excluding ortho intramolecular Hbond substituents is 2. The van der Waals surface area contributed by atoms with Crippen molar-refractivity contribution in [3.05, 3.63) is 23.8 Å². The maximum Gasteiger partial charge on any atom is 0.335 e. The van der Waals surface area contributed by atoms with E-state index in [9.17, 15) is 15.0 Å². The van der Waals surface area contributed by atoms with E-state index in [1.807, 2.05) is 0 Å². The molecule has 0 radical (unpaired) electrons. The molecule has 0 aliphatic carbocycles. The molecule has 1 atom stereocenters. The topological polar surface area (TPSA) is 87.0 Å². The first kappa shape index (κ1) is 11.3. The Morgan fingerprint density at radius 3 is 2.67 bits per heavy atom. The molecule has 0 saturated heterocycles. The minimum atomic E-state index is -1.31. The second-order valence-corrected chi connectivity index (χ2v) is 3.06. The van der Waals surface area contributed by atoms with Crippen molar-refractivity contribution < 1.29 is 24.9 Å². The highest BCUT2D eigenvalue weighted by atomic mass is 16.5. The highest BCUT2D eigenvalue weighted by Gasteiger charge is 2.17. The summed E-state index contributed by atoms with van der Waals surface area (Å²) in [7, 11) is 1.17. The van der Waals surface area contributed by atoms with Crippen LogP contribution in [0.15, 0.2) is 18.2 Å². The molecule has 0 amide bonds. The van der Waals surface area contributed by atoms with Gasteiger partial charge in [0.25, 0.3) is 0 Å². The van der Waals surface area contributed by atoms with Gasteiger partial charge in [-0.1, -0.05) is 6.07 Å². The Morgan fingerprint density at radius 2 is 2.13 bits per heavy atom. The maximum absolute atomic E-state index is 10.9. The minimum absolute atomic E-state index is 0.0568. The van der Waals surface area contributed by atoms with Crippen LogP contribution in [-0.4, -0.2) is 34.5 Å². The Hall–Kier alpha value is -1.75. The van der Waals surface area contributed by atoms with Gasteiger partial charge in [0, 0.05) is 12.5 Å². The van der Waals surface area contributed by atoms with Crippen LogP contribution in [0.1, 0.15) is 5.56 Å². The van der Waals surface area contributed by atoms with E-state index in [2.05, 4.69) is 4.74 Å². The van der Waals surface area contributed by atoms with Crippen molar-refractivity contribution in [1.29, 1.82) is 0 Å². The first-order valence-electron chi connectivity index (χ1n) is 4.31. The Bertz CT molecular complexity index is 361. The van der Waals surface area contributed by atoms with Crippen LogP contribution in [-0.2, 0) is 16.0 Å². The SMILES string of the molecule is COC(=O)C(O)Cc1ccc(O)cc1O. The highest BCUT2D eigenvalue weighted by Crippen LogP contribution is 2.23. The lowest BCUT2D eigenvalue weighted by molar-refractivity contribution is -0.150. The first-order valence-corrected chi connectivity index (χ1v) is 4.31. The van der Waals surface area contributed by atoms with Crippen LogP contribution in [0.5, 0.6) is 11.5 Å². The Balaban J connectivity index is 2.76. The summed E-state index contributed by atoms with van der Waals surface area (Å²) in [6, 6.07) is 3.93. The number of aliphatic hydroxyl groups excluding tert-OH is 1. The molecule has 0 aliphatic heterocycles. The molecule has 0 heterocycles. The molecule has 0 spiro atoms. The van der Waals surface area contributed by atoms with E-state index in [0.29, 0.717) is 5.56 Å². The smallest absolute Gasteiger partial charge is 0.335 e. The molecule has 0 aromatic heterocycles. The van der Waals surface area contributed by atoms with Crippen molar-refractivity contribution in [2.24, 2.45) is 0 Å². The summed E-state index contributed by atoms with van der Waals surface area (Å²) < 4.78 is 4.33. The van der Waals surface area contributed by atoms with Crippen molar-refractivity contribution in [2.75, 3.05) is 7.11 Å². The van der Waals surface area contributed by atoms with Crippen LogP contribution in [0.3, 0.4) is 0 Å². The summed E-state index contributed by atoms with van der Waals surface area (Å²) in [5.74, 6) is -1.01. The fourth-order valence-electron chi connectivity index (χ4n) is 1.15. The van der Waals surface area contributed by atoms with Gasteiger partial charge in [-0.05, 0) is 11.6 Å². The fraction of sp³-hybridized carbons (Fsp3) is 0.300. The minimum Gasteiger partial charge on any atom is -0.508 e. The van der Waals surface area contributed by atoms with E-state index in [1.165, 1.54) is 19.2 Å². The summed E-state index contributed by atoms with van der Waals surface area (Å²) in [6.07, 6.45) is -1.37. The van der Waals surface area contributed by atoms with Crippen LogP contribution >= 0.6 is 0 Å². The number of ether oxygens (including phenoxy) is 1. The summed E-state index contributed by atoms with van der Waals surface area (Å²) in [5.41, 5.74) is 0.366. The number of carbonyl (C=O) groups excluding carboxylic acids is 1. The third-order valence-corrected chi connectivity index (χ3v) is 1.96. The van der Waals surface area contributed by atoms with Gasteiger partial charge in [0.05, 0.1) is 7.11 Å². The molecule has 0 bridgehead atoms. The molecule has 3 N–H and O–H groups in total. The standard InChI is InChI=1S/C10H12O5/c1-15-10(14)9(13)4-6-2-3-7(11)5-8(6)12/h2-3,5,9,11-13H,4H2,1H3. The third kappa shape index (κ3) is 2.85. The number of hydrogen-bond donors (Lipinski definition) is 3. The molecule has 15 heavy (non-hydrogen) atoms. The van der Waals surface area contributed by atoms with Gasteiger partial charge in [-0.15, -0.1) is 0 Å². The zero-order valence-electron chi connectivity index (χ0n) is 8.17. The van der Waals surface area contributed by atoms with Crippen molar-refractivity contribution in [2.45, 2.75) is 12.5 Å². The number of carbonyl (C=O) groups is 1. The molecule has 82 valence electrons. The van der Waals surface area contributed by atoms with Gasteiger partial charge in [0.1, 0.15) is 11.5 Å². The number of methoxy groups -OCH3 is 1. The van der Waals surface area contributed by atoms with Crippen molar-refractivity contribution in [1.82, 2.24) is 0 Å². The lowest BCUT2D eigenvalue weighted by Crippen LogP contribution is -2.24. The number of rotatable bonds is 3. The third-order valence-electron chi connectivity index (χ3n) is 1.96. The molecular weight excluding hydrogens is 200 g/mol. The number of esters is 1. The Morgan fingerprint density at radius 1 is 1.47 bits per heavy atom. The second-order valence-electron chi connectivity index (χ2n) is 3.06. The lowest BCUT2D eigenvalue weighted by atomic mass is 10.1. The van der Waals surface area contributed by atoms with Gasteiger partial charge in [0.2, 0.25) is 0 Å². The zero-order chi connectivity index (χ0) is 11.4. The monoisotopic (exact) mass is 212 g/mol. The quantitative estimate of drug-likeness (QED) is 0.622. The fourth-order valence-corrected chi connectivity index (χ4v) is 1.15. The van der Waals surface area contributed by atoms with Crippen molar-refractivity contribution in [3.63, 3.8) is 0 Å². The largest absolute Gasteiger partial charge is 0.508 e. The highest BCUT2D eigenvalue weighted by molar-refractivity contribution is 5.74. The second kappa shape index (κ2) is 4.65. The van der Waals surface area contributed by atoms with Gasteiger partial charge in [-0.25, -0.2) is 4.79 Å². The summed E-state index contributed by atoms with van der Waals surface area (Å²) in [6.45, 7) is 0. The van der Waals surface area contributed by atoms with E-state index >= 15 is 0 Å². The molecule has 1 aromatic carbocycles. The Kier molecular flexibility index (Phi) is 3.51. The lowest BCUT2D eigenvalue weighted by Gasteiger charge is -2.09. The van der Waals surface area contributed by atoms with Gasteiger partial charge in [-0.3, -0.25) is 0 Å². The molecule has 0 saturated carbocycles. The van der Waals surface area contributed by atoms with Crippen LogP contribution in [0.25, 0.3) is 0 Å². The predicted octanol–water partition coefficient (Wildman–Crippen LogP) is 0.174. The molecular formula is C10H12O5. The normalized spacial score (nSPS) is 12.1. The molecule has 0 fully saturated rings. The van der Waals surface area contributed by atoms with Gasteiger partial charge >= 0.3 is 5.97 Å². The molecule has 5 heteroatoms. The molecule has 0 aliphatic rings. The maximum atomic E-state index is 10.9. The van der Waals surface area contributed by atoms with Crippen LogP contribution in [0.2, 0.25) is 0 Å². The van der Waals surface area contributed by atoms with E-state index < -0.39 is 12.1 Å². The average molecular weight is 212 g/mol. The molecule has 1 aromatic rings. The van der Waals surface area contributed by atoms with Crippen LogP contribution < -0.4 is 0 Å². The van der Waals surface area contributed by atoms with Crippen molar-refractivity contribution in [3.8, 4) is 11.5 Å². The number of aliphatic hydroxyl groups is 1. The van der Waals surface area contributed by atoms with Crippen LogP contribution in [0, 0.1) is 0 Å². The number of phenols is 2. The first-order chi connectivity index (χ1) is 7.04. The van der Waals surface area contributed by atoms with Crippen LogP contribution in [0.4, 0.5) is 0 Å². The molecule has 5 nitrogen and oxygen atoms in total. The predicted molar refractivity (Wildman–Crippen MR) is 51.5 cm³/mol. The van der Waals surface area contributed by atoms with E-state index in [4.69, 9.17) is 5.11 Å². The summed E-state index contributed by atoms with van der Waals surface area (Å²) in [5, 5.41) is 27.7. The average Bonchev–Trinajstić information content (AvgIpc) is 2.20. The molecule has 1 rings (SSSR count). The number of hydrogen-bond acceptors (Lipinski definition) is 5. The summed E-state index contributed by atoms with van der Waals surface area (Å²) >= 11 is 0. The Labute approximate surface area is 86.5 Å². The number of benzene rings is 1. The van der Waals surface area contributed by atoms with Gasteiger partial charge < -0.3 is 20.1 Å². The van der Waals surface area contributed by atoms with Gasteiger partial charge in [-0.2, -0.15) is 0 Å². The van der Waals surface area contributed by atoms with E-state index in [1.54, 1.807) is 0 Å². The van der Waals surface area contributed by atoms with E-state index in [-0.39, 0.29) is 17.9 Å². The zero-order valence-corrected chi connectivity index (χ0v) is 8.17. The number of aromatic hydroxyl groups is 2. The van der Waals surface area contributed by atoms with Gasteiger partial charge in [0.15, 0.2) is 6.10 Å². The van der Waals surface area contributed by atoms with E-state index in [0.717, 1.165) is 6.07 Å². The van der Waals surface area contributed by atoms with Crippen molar-refractivity contribution >= 4 is 5.97 Å².